The van der Waals surface area contributed by atoms with Crippen LogP contribution in [0.15, 0.2) is 69.7 Å². The summed E-state index contributed by atoms with van der Waals surface area (Å²) in [7, 11) is -0.990. The number of benzene rings is 2. The molecule has 2 aromatic carbocycles. The summed E-state index contributed by atoms with van der Waals surface area (Å²) in [6, 6.07) is 13.7. The van der Waals surface area contributed by atoms with Gasteiger partial charge in [0.15, 0.2) is 0 Å². The van der Waals surface area contributed by atoms with E-state index in [1.807, 2.05) is 18.2 Å². The average molecular weight is 486 g/mol. The van der Waals surface area contributed by atoms with Crippen molar-refractivity contribution in [2.75, 3.05) is 18.9 Å². The van der Waals surface area contributed by atoms with Gasteiger partial charge in [-0.2, -0.15) is 14.6 Å². The molecule has 0 aliphatic heterocycles. The second kappa shape index (κ2) is 9.67. The molecule has 0 saturated carbocycles. The van der Waals surface area contributed by atoms with Gasteiger partial charge in [-0.05, 0) is 48.9 Å². The van der Waals surface area contributed by atoms with E-state index in [2.05, 4.69) is 26.7 Å². The molecule has 0 aliphatic rings. The SMILES string of the molecule is CCCc1cc(Sc2ccc(NS(=O)(=O)c3cc(OC)ccc3OC)cc2)n2ncnc2n1. The summed E-state index contributed by atoms with van der Waals surface area (Å²) in [5.74, 6) is 1.20. The second-order valence-corrected chi connectivity index (χ2v) is 9.80. The molecule has 0 bridgehead atoms. The number of rotatable bonds is 9. The molecule has 0 saturated heterocycles. The van der Waals surface area contributed by atoms with Crippen LogP contribution in [-0.4, -0.2) is 42.2 Å². The van der Waals surface area contributed by atoms with Crippen LogP contribution in [0.2, 0.25) is 0 Å². The minimum absolute atomic E-state index is 0.00313. The lowest BCUT2D eigenvalue weighted by molar-refractivity contribution is 0.392. The van der Waals surface area contributed by atoms with Crippen LogP contribution >= 0.6 is 11.8 Å². The maximum Gasteiger partial charge on any atom is 0.265 e. The monoisotopic (exact) mass is 485 g/mol. The zero-order valence-electron chi connectivity index (χ0n) is 18.3. The first kappa shape index (κ1) is 22.9. The van der Waals surface area contributed by atoms with Crippen molar-refractivity contribution in [1.82, 2.24) is 19.6 Å². The van der Waals surface area contributed by atoms with Crippen molar-refractivity contribution < 1.29 is 17.9 Å². The fourth-order valence-electron chi connectivity index (χ4n) is 3.20. The van der Waals surface area contributed by atoms with E-state index in [0.29, 0.717) is 17.2 Å². The summed E-state index contributed by atoms with van der Waals surface area (Å²) in [6.07, 6.45) is 3.31. The zero-order chi connectivity index (χ0) is 23.4. The van der Waals surface area contributed by atoms with E-state index in [1.54, 1.807) is 28.8 Å². The number of sulfonamides is 1. The maximum absolute atomic E-state index is 13.0. The molecule has 0 atom stereocenters. The lowest BCUT2D eigenvalue weighted by Gasteiger charge is -2.13. The van der Waals surface area contributed by atoms with E-state index in [0.717, 1.165) is 28.5 Å². The van der Waals surface area contributed by atoms with Crippen LogP contribution in [0.3, 0.4) is 0 Å². The molecule has 33 heavy (non-hydrogen) atoms. The molecule has 2 heterocycles. The highest BCUT2D eigenvalue weighted by Gasteiger charge is 2.21. The Balaban J connectivity index is 1.56. The first-order chi connectivity index (χ1) is 15.9. The van der Waals surface area contributed by atoms with Crippen molar-refractivity contribution in [3.63, 3.8) is 0 Å². The Kier molecular flexibility index (Phi) is 6.70. The van der Waals surface area contributed by atoms with Gasteiger partial charge in [-0.15, -0.1) is 0 Å². The zero-order valence-corrected chi connectivity index (χ0v) is 20.0. The van der Waals surface area contributed by atoms with Crippen LogP contribution < -0.4 is 14.2 Å². The number of aryl methyl sites for hydroxylation is 1. The highest BCUT2D eigenvalue weighted by Crippen LogP contribution is 2.32. The van der Waals surface area contributed by atoms with Crippen molar-refractivity contribution in [2.45, 2.75) is 34.6 Å². The van der Waals surface area contributed by atoms with Crippen molar-refractivity contribution in [3.05, 3.63) is 60.6 Å². The fourth-order valence-corrected chi connectivity index (χ4v) is 5.37. The third kappa shape index (κ3) is 5.04. The topological polar surface area (TPSA) is 108 Å². The minimum Gasteiger partial charge on any atom is -0.497 e. The van der Waals surface area contributed by atoms with Gasteiger partial charge in [-0.3, -0.25) is 4.72 Å². The average Bonchev–Trinajstić information content (AvgIpc) is 3.29. The van der Waals surface area contributed by atoms with Crippen LogP contribution in [0.1, 0.15) is 19.0 Å². The Morgan fingerprint density at radius 1 is 1.06 bits per heavy atom. The van der Waals surface area contributed by atoms with Gasteiger partial charge in [0.2, 0.25) is 0 Å². The molecule has 1 N–H and O–H groups in total. The number of nitrogens with zero attached hydrogens (tertiary/aromatic N) is 4. The lowest BCUT2D eigenvalue weighted by atomic mass is 10.2. The Bertz CT molecular complexity index is 1370. The summed E-state index contributed by atoms with van der Waals surface area (Å²) in [4.78, 5) is 9.64. The fraction of sp³-hybridized carbons (Fsp3) is 0.227. The number of fused-ring (bicyclic) bond motifs is 1. The van der Waals surface area contributed by atoms with Gasteiger partial charge in [0, 0.05) is 22.3 Å². The molecule has 4 aromatic rings. The second-order valence-electron chi connectivity index (χ2n) is 7.06. The van der Waals surface area contributed by atoms with Gasteiger partial charge < -0.3 is 9.47 Å². The molecule has 9 nitrogen and oxygen atoms in total. The molecule has 2 aromatic heterocycles. The Hall–Kier alpha value is -3.31. The number of anilines is 1. The van der Waals surface area contributed by atoms with E-state index in [-0.39, 0.29) is 10.6 Å². The number of ether oxygens (including phenoxy) is 2. The predicted molar refractivity (Wildman–Crippen MR) is 126 cm³/mol. The molecule has 4 rings (SSSR count). The molecule has 0 unspecified atom stereocenters. The lowest BCUT2D eigenvalue weighted by Crippen LogP contribution is -2.14. The minimum atomic E-state index is -3.89. The van der Waals surface area contributed by atoms with Gasteiger partial charge in [0.1, 0.15) is 27.7 Å². The smallest absolute Gasteiger partial charge is 0.265 e. The number of hydrogen-bond acceptors (Lipinski definition) is 8. The molecule has 0 spiro atoms. The Morgan fingerprint density at radius 3 is 2.55 bits per heavy atom. The molecule has 172 valence electrons. The van der Waals surface area contributed by atoms with Gasteiger partial charge in [0.05, 0.1) is 14.2 Å². The predicted octanol–water partition coefficient (Wildman–Crippen LogP) is 4.05. The first-order valence-corrected chi connectivity index (χ1v) is 12.5. The maximum atomic E-state index is 13.0. The van der Waals surface area contributed by atoms with Crippen LogP contribution in [0, 0.1) is 0 Å². The molecule has 0 fully saturated rings. The standard InChI is InChI=1S/C22H23N5O4S2/c1-4-5-16-12-21(27-22(25-16)23-14-24-27)32-18-9-6-15(7-10-18)26-33(28,29)20-13-17(30-2)8-11-19(20)31-3/h6-14,26H,4-5H2,1-3H3. The van der Waals surface area contributed by atoms with Crippen LogP contribution in [0.4, 0.5) is 5.69 Å². The highest BCUT2D eigenvalue weighted by atomic mass is 32.2. The largest absolute Gasteiger partial charge is 0.497 e. The van der Waals surface area contributed by atoms with Gasteiger partial charge in [0.25, 0.3) is 15.8 Å². The summed E-state index contributed by atoms with van der Waals surface area (Å²) in [5, 5.41) is 5.14. The van der Waals surface area contributed by atoms with Crippen molar-refractivity contribution >= 4 is 33.3 Å². The summed E-state index contributed by atoms with van der Waals surface area (Å²) >= 11 is 1.50. The molecule has 0 amide bonds. The van der Waals surface area contributed by atoms with E-state index >= 15 is 0 Å². The van der Waals surface area contributed by atoms with Gasteiger partial charge >= 0.3 is 0 Å². The van der Waals surface area contributed by atoms with E-state index in [1.165, 1.54) is 38.4 Å². The van der Waals surface area contributed by atoms with E-state index in [9.17, 15) is 8.42 Å². The van der Waals surface area contributed by atoms with Crippen molar-refractivity contribution in [3.8, 4) is 11.5 Å². The number of hydrogen-bond donors (Lipinski definition) is 1. The Morgan fingerprint density at radius 2 is 1.85 bits per heavy atom. The molecular weight excluding hydrogens is 462 g/mol. The van der Waals surface area contributed by atoms with Crippen LogP contribution in [0.5, 0.6) is 11.5 Å². The third-order valence-corrected chi connectivity index (χ3v) is 7.18. The number of nitrogens with one attached hydrogen (secondary N) is 1. The van der Waals surface area contributed by atoms with Crippen molar-refractivity contribution in [2.24, 2.45) is 0 Å². The molecular formula is C22H23N5O4S2. The van der Waals surface area contributed by atoms with Crippen molar-refractivity contribution in [1.29, 1.82) is 0 Å². The van der Waals surface area contributed by atoms with Crippen LogP contribution in [-0.2, 0) is 16.4 Å². The van der Waals surface area contributed by atoms with E-state index < -0.39 is 10.0 Å². The van der Waals surface area contributed by atoms with Gasteiger partial charge in [-0.25, -0.2) is 13.4 Å². The number of methoxy groups -OCH3 is 2. The number of aromatic nitrogens is 4. The summed E-state index contributed by atoms with van der Waals surface area (Å²) in [6.45, 7) is 2.10. The van der Waals surface area contributed by atoms with E-state index in [4.69, 9.17) is 9.47 Å². The summed E-state index contributed by atoms with van der Waals surface area (Å²) in [5.41, 5.74) is 1.38. The first-order valence-electron chi connectivity index (χ1n) is 10.2. The quantitative estimate of drug-likeness (QED) is 0.354. The molecule has 11 heteroatoms. The normalized spacial score (nSPS) is 11.5. The third-order valence-electron chi connectivity index (χ3n) is 4.77. The van der Waals surface area contributed by atoms with Gasteiger partial charge in [-0.1, -0.05) is 25.1 Å². The summed E-state index contributed by atoms with van der Waals surface area (Å²) < 4.78 is 40.6. The van der Waals surface area contributed by atoms with Crippen LogP contribution in [0.25, 0.3) is 5.78 Å². The Labute approximate surface area is 196 Å². The highest BCUT2D eigenvalue weighted by molar-refractivity contribution is 7.99. The molecule has 0 aliphatic carbocycles. The molecule has 0 radical (unpaired) electrons.